The standard InChI is InChI=1S/C21H21F3N2O5S/c1-30-19-8-7-17(32(28,29)26-10-12-31-13-11-26)14-18(19)25-20(27)9-4-15-2-5-16(6-3-15)21(22,23)24/h2-9,14H,10-13H2,1H3,(H,25,27)/b9-4+. The highest BCUT2D eigenvalue weighted by Crippen LogP contribution is 2.30. The monoisotopic (exact) mass is 470 g/mol. The number of morpholine rings is 1. The lowest BCUT2D eigenvalue weighted by atomic mass is 10.1. The van der Waals surface area contributed by atoms with Gasteiger partial charge in [0.05, 0.1) is 36.5 Å². The molecule has 0 radical (unpaired) electrons. The molecular weight excluding hydrogens is 449 g/mol. The Labute approximate surface area is 183 Å². The fraction of sp³-hybridized carbons (Fsp3) is 0.286. The first-order valence-electron chi connectivity index (χ1n) is 9.53. The van der Waals surface area contributed by atoms with Gasteiger partial charge < -0.3 is 14.8 Å². The van der Waals surface area contributed by atoms with Crippen molar-refractivity contribution in [2.24, 2.45) is 0 Å². The molecular formula is C21H21F3N2O5S. The number of alkyl halides is 3. The SMILES string of the molecule is COc1ccc(S(=O)(=O)N2CCOCC2)cc1NC(=O)/C=C/c1ccc(C(F)(F)F)cc1. The summed E-state index contributed by atoms with van der Waals surface area (Å²) in [6, 6.07) is 8.43. The molecule has 0 aliphatic carbocycles. The molecule has 1 aliphatic heterocycles. The van der Waals surface area contributed by atoms with Crippen molar-refractivity contribution in [3.05, 3.63) is 59.7 Å². The van der Waals surface area contributed by atoms with Crippen molar-refractivity contribution in [1.82, 2.24) is 4.31 Å². The van der Waals surface area contributed by atoms with Crippen LogP contribution in [0.5, 0.6) is 5.75 Å². The summed E-state index contributed by atoms with van der Waals surface area (Å²) in [7, 11) is -2.41. The van der Waals surface area contributed by atoms with E-state index in [-0.39, 0.29) is 29.4 Å². The first-order valence-corrected chi connectivity index (χ1v) is 11.0. The van der Waals surface area contributed by atoms with Crippen LogP contribution in [0.3, 0.4) is 0 Å². The van der Waals surface area contributed by atoms with Gasteiger partial charge in [0, 0.05) is 19.2 Å². The first-order chi connectivity index (χ1) is 15.1. The number of nitrogens with one attached hydrogen (secondary N) is 1. The van der Waals surface area contributed by atoms with E-state index in [0.717, 1.165) is 18.2 Å². The highest BCUT2D eigenvalue weighted by Gasteiger charge is 2.30. The number of halogens is 3. The van der Waals surface area contributed by atoms with E-state index >= 15 is 0 Å². The Kier molecular flexibility index (Phi) is 7.22. The number of anilines is 1. The van der Waals surface area contributed by atoms with Gasteiger partial charge >= 0.3 is 6.18 Å². The van der Waals surface area contributed by atoms with E-state index in [2.05, 4.69) is 5.32 Å². The second kappa shape index (κ2) is 9.72. The van der Waals surface area contributed by atoms with Crippen LogP contribution in [-0.4, -0.2) is 52.0 Å². The maximum Gasteiger partial charge on any atom is 0.416 e. The highest BCUT2D eigenvalue weighted by molar-refractivity contribution is 7.89. The van der Waals surface area contributed by atoms with Crippen molar-refractivity contribution in [2.45, 2.75) is 11.1 Å². The van der Waals surface area contributed by atoms with Gasteiger partial charge in [-0.2, -0.15) is 17.5 Å². The molecule has 2 aromatic carbocycles. The molecule has 32 heavy (non-hydrogen) atoms. The summed E-state index contributed by atoms with van der Waals surface area (Å²) in [4.78, 5) is 12.3. The molecule has 1 amide bonds. The zero-order valence-electron chi connectivity index (χ0n) is 17.1. The van der Waals surface area contributed by atoms with Crippen LogP contribution in [0.25, 0.3) is 6.08 Å². The number of methoxy groups -OCH3 is 1. The molecule has 3 rings (SSSR count). The van der Waals surface area contributed by atoms with E-state index in [1.54, 1.807) is 0 Å². The van der Waals surface area contributed by atoms with Crippen LogP contribution in [0.1, 0.15) is 11.1 Å². The number of carbonyl (C=O) groups is 1. The molecule has 0 unspecified atom stereocenters. The van der Waals surface area contributed by atoms with E-state index in [0.29, 0.717) is 18.8 Å². The molecule has 0 aromatic heterocycles. The molecule has 1 saturated heterocycles. The van der Waals surface area contributed by atoms with Crippen LogP contribution in [0, 0.1) is 0 Å². The van der Waals surface area contributed by atoms with Gasteiger partial charge in [0.25, 0.3) is 0 Å². The predicted octanol–water partition coefficient (Wildman–Crippen LogP) is 3.39. The molecule has 0 atom stereocenters. The maximum absolute atomic E-state index is 12.9. The second-order valence-electron chi connectivity index (χ2n) is 6.82. The smallest absolute Gasteiger partial charge is 0.416 e. The summed E-state index contributed by atoms with van der Waals surface area (Å²) in [5, 5.41) is 2.54. The lowest BCUT2D eigenvalue weighted by Gasteiger charge is -2.26. The van der Waals surface area contributed by atoms with Gasteiger partial charge in [0.2, 0.25) is 15.9 Å². The van der Waals surface area contributed by atoms with Gasteiger partial charge in [-0.15, -0.1) is 0 Å². The van der Waals surface area contributed by atoms with E-state index in [9.17, 15) is 26.4 Å². The third-order valence-corrected chi connectivity index (χ3v) is 6.60. The van der Waals surface area contributed by atoms with Gasteiger partial charge in [0.1, 0.15) is 5.75 Å². The fourth-order valence-electron chi connectivity index (χ4n) is 3.01. The molecule has 0 saturated carbocycles. The highest BCUT2D eigenvalue weighted by atomic mass is 32.2. The van der Waals surface area contributed by atoms with Crippen LogP contribution in [0.2, 0.25) is 0 Å². The Morgan fingerprint density at radius 3 is 2.38 bits per heavy atom. The minimum atomic E-state index is -4.44. The Morgan fingerprint density at radius 2 is 1.78 bits per heavy atom. The molecule has 0 bridgehead atoms. The summed E-state index contributed by atoms with van der Waals surface area (Å²) in [5.74, 6) is -0.355. The van der Waals surface area contributed by atoms with Gasteiger partial charge in [-0.05, 0) is 42.0 Å². The summed E-state index contributed by atoms with van der Waals surface area (Å²) in [6.07, 6.45) is -1.97. The van der Waals surface area contributed by atoms with Crippen molar-refractivity contribution in [2.75, 3.05) is 38.7 Å². The number of amides is 1. The van der Waals surface area contributed by atoms with Gasteiger partial charge in [0.15, 0.2) is 0 Å². The first kappa shape index (κ1) is 23.8. The number of sulfonamides is 1. The van der Waals surface area contributed by atoms with Gasteiger partial charge in [-0.1, -0.05) is 12.1 Å². The van der Waals surface area contributed by atoms with E-state index in [1.807, 2.05) is 0 Å². The topological polar surface area (TPSA) is 84.9 Å². The van der Waals surface area contributed by atoms with Crippen LogP contribution in [0.15, 0.2) is 53.4 Å². The Bertz CT molecular complexity index is 1090. The average molecular weight is 470 g/mol. The molecule has 172 valence electrons. The molecule has 1 fully saturated rings. The molecule has 11 heteroatoms. The summed E-state index contributed by atoms with van der Waals surface area (Å²) in [6.45, 7) is 1.05. The number of ether oxygens (including phenoxy) is 2. The van der Waals surface area contributed by atoms with Crippen molar-refractivity contribution < 1.29 is 35.9 Å². The molecule has 0 spiro atoms. The van der Waals surface area contributed by atoms with E-state index in [4.69, 9.17) is 9.47 Å². The summed E-state index contributed by atoms with van der Waals surface area (Å²) < 4.78 is 75.3. The molecule has 2 aromatic rings. The van der Waals surface area contributed by atoms with E-state index in [1.165, 1.54) is 47.8 Å². The van der Waals surface area contributed by atoms with Gasteiger partial charge in [-0.3, -0.25) is 4.79 Å². The van der Waals surface area contributed by atoms with Crippen molar-refractivity contribution in [3.8, 4) is 5.75 Å². The minimum Gasteiger partial charge on any atom is -0.495 e. The minimum absolute atomic E-state index is 0.0118. The van der Waals surface area contributed by atoms with Crippen molar-refractivity contribution in [3.63, 3.8) is 0 Å². The van der Waals surface area contributed by atoms with Crippen LogP contribution in [-0.2, 0) is 25.7 Å². The lowest BCUT2D eigenvalue weighted by molar-refractivity contribution is -0.137. The van der Waals surface area contributed by atoms with Crippen molar-refractivity contribution >= 4 is 27.7 Å². The Morgan fingerprint density at radius 1 is 1.12 bits per heavy atom. The maximum atomic E-state index is 12.9. The van der Waals surface area contributed by atoms with Crippen LogP contribution >= 0.6 is 0 Å². The normalized spacial score (nSPS) is 15.6. The largest absolute Gasteiger partial charge is 0.495 e. The number of nitrogens with zero attached hydrogens (tertiary/aromatic N) is 1. The number of carbonyl (C=O) groups excluding carboxylic acids is 1. The lowest BCUT2D eigenvalue weighted by Crippen LogP contribution is -2.40. The summed E-state index contributed by atoms with van der Waals surface area (Å²) in [5.41, 5.74) is -0.255. The zero-order valence-corrected chi connectivity index (χ0v) is 17.9. The zero-order chi connectivity index (χ0) is 23.4. The number of benzene rings is 2. The fourth-order valence-corrected chi connectivity index (χ4v) is 4.45. The van der Waals surface area contributed by atoms with Crippen LogP contribution in [0.4, 0.5) is 18.9 Å². The quantitative estimate of drug-likeness (QED) is 0.655. The molecule has 1 aliphatic rings. The van der Waals surface area contributed by atoms with Crippen molar-refractivity contribution in [1.29, 1.82) is 0 Å². The number of rotatable bonds is 6. The van der Waals surface area contributed by atoms with Gasteiger partial charge in [-0.25, -0.2) is 8.42 Å². The third kappa shape index (κ3) is 5.67. The third-order valence-electron chi connectivity index (χ3n) is 4.70. The Balaban J connectivity index is 1.76. The average Bonchev–Trinajstić information content (AvgIpc) is 2.78. The number of hydrogen-bond donors (Lipinski definition) is 1. The molecule has 1 heterocycles. The van der Waals surface area contributed by atoms with E-state index < -0.39 is 27.7 Å². The second-order valence-corrected chi connectivity index (χ2v) is 8.76. The molecule has 1 N–H and O–H groups in total. The predicted molar refractivity (Wildman–Crippen MR) is 112 cm³/mol. The van der Waals surface area contributed by atoms with Crippen LogP contribution < -0.4 is 10.1 Å². The number of hydrogen-bond acceptors (Lipinski definition) is 5. The molecule has 7 nitrogen and oxygen atoms in total. The Hall–Kier alpha value is -2.89. The summed E-state index contributed by atoms with van der Waals surface area (Å²) >= 11 is 0.